The van der Waals surface area contributed by atoms with Gasteiger partial charge in [0, 0.05) is 5.39 Å². The first kappa shape index (κ1) is 11.0. The Labute approximate surface area is 103 Å². The third kappa shape index (κ3) is 1.68. The molecule has 0 bridgehead atoms. The van der Waals surface area contributed by atoms with Crippen LogP contribution in [0.15, 0.2) is 30.3 Å². The number of pyridine rings is 1. The fourth-order valence-electron chi connectivity index (χ4n) is 2.13. The predicted molar refractivity (Wildman–Crippen MR) is 65.8 cm³/mol. The Kier molecular flexibility index (Phi) is 2.40. The van der Waals surface area contributed by atoms with Crippen LogP contribution in [0.25, 0.3) is 10.8 Å². The number of carboxylic acids is 1. The van der Waals surface area contributed by atoms with E-state index in [2.05, 4.69) is 4.98 Å². The third-order valence-corrected chi connectivity index (χ3v) is 3.08. The normalized spacial score (nSPS) is 15.7. The van der Waals surface area contributed by atoms with Crippen LogP contribution in [0.4, 0.5) is 10.2 Å². The van der Waals surface area contributed by atoms with Crippen LogP contribution in [0.5, 0.6) is 0 Å². The van der Waals surface area contributed by atoms with Gasteiger partial charge in [0.2, 0.25) is 0 Å². The number of carbonyl (C=O) groups is 1. The van der Waals surface area contributed by atoms with E-state index in [1.807, 2.05) is 24.3 Å². The zero-order chi connectivity index (χ0) is 12.7. The number of nitrogens with zero attached hydrogens (tertiary/aromatic N) is 2. The molecule has 0 atom stereocenters. The second-order valence-corrected chi connectivity index (χ2v) is 4.36. The second kappa shape index (κ2) is 3.94. The fourth-order valence-corrected chi connectivity index (χ4v) is 2.13. The molecule has 1 aliphatic heterocycles. The van der Waals surface area contributed by atoms with Crippen molar-refractivity contribution in [3.8, 4) is 0 Å². The van der Waals surface area contributed by atoms with Crippen molar-refractivity contribution in [2.24, 2.45) is 0 Å². The van der Waals surface area contributed by atoms with Crippen molar-refractivity contribution in [2.75, 3.05) is 18.0 Å². The van der Waals surface area contributed by atoms with Gasteiger partial charge in [-0.25, -0.2) is 14.2 Å². The van der Waals surface area contributed by atoms with Gasteiger partial charge in [-0.05, 0) is 11.5 Å². The average molecular weight is 246 g/mol. The summed E-state index contributed by atoms with van der Waals surface area (Å²) in [5.41, 5.74) is -0.00833. The third-order valence-electron chi connectivity index (χ3n) is 3.08. The van der Waals surface area contributed by atoms with Crippen LogP contribution in [0.2, 0.25) is 0 Å². The number of hydrogen-bond donors (Lipinski definition) is 1. The molecule has 3 rings (SSSR count). The molecule has 18 heavy (non-hydrogen) atoms. The van der Waals surface area contributed by atoms with E-state index < -0.39 is 12.1 Å². The number of anilines is 1. The summed E-state index contributed by atoms with van der Waals surface area (Å²) in [5.74, 6) is -0.515. The molecule has 2 aromatic rings. The van der Waals surface area contributed by atoms with E-state index in [0.717, 1.165) is 10.8 Å². The molecule has 2 heterocycles. The second-order valence-electron chi connectivity index (χ2n) is 4.36. The number of carboxylic acid groups (broad SMARTS) is 1. The Morgan fingerprint density at radius 3 is 2.78 bits per heavy atom. The van der Waals surface area contributed by atoms with Gasteiger partial charge in [-0.15, -0.1) is 0 Å². The molecule has 92 valence electrons. The van der Waals surface area contributed by atoms with Gasteiger partial charge in [-0.3, -0.25) is 0 Å². The van der Waals surface area contributed by atoms with Crippen molar-refractivity contribution < 1.29 is 14.3 Å². The van der Waals surface area contributed by atoms with Crippen molar-refractivity contribution in [3.63, 3.8) is 0 Å². The highest BCUT2D eigenvalue weighted by atomic mass is 19.1. The van der Waals surface area contributed by atoms with Gasteiger partial charge in [0.1, 0.15) is 12.0 Å². The highest BCUT2D eigenvalue weighted by Gasteiger charge is 2.29. The smallest absolute Gasteiger partial charge is 0.354 e. The first-order valence-electron chi connectivity index (χ1n) is 5.67. The summed E-state index contributed by atoms with van der Waals surface area (Å²) in [5, 5.41) is 10.7. The molecule has 0 radical (unpaired) electrons. The summed E-state index contributed by atoms with van der Waals surface area (Å²) in [4.78, 5) is 16.9. The highest BCUT2D eigenvalue weighted by Crippen LogP contribution is 2.29. The highest BCUT2D eigenvalue weighted by molar-refractivity contribution is 5.98. The zero-order valence-electron chi connectivity index (χ0n) is 9.51. The first-order valence-corrected chi connectivity index (χ1v) is 5.67. The Morgan fingerprint density at radius 1 is 1.39 bits per heavy atom. The standard InChI is InChI=1S/C13H11FN2O2/c14-9-6-16(7-9)12-10-4-2-1-3-8(10)5-11(15-12)13(17)18/h1-5,9H,6-7H2,(H,17,18). The summed E-state index contributed by atoms with van der Waals surface area (Å²) in [6.07, 6.45) is -0.848. The van der Waals surface area contributed by atoms with Gasteiger partial charge in [0.25, 0.3) is 0 Å². The van der Waals surface area contributed by atoms with Crippen LogP contribution in [-0.4, -0.2) is 35.3 Å². The van der Waals surface area contributed by atoms with E-state index in [0.29, 0.717) is 5.82 Å². The summed E-state index contributed by atoms with van der Waals surface area (Å²) in [7, 11) is 0. The topological polar surface area (TPSA) is 53.4 Å². The van der Waals surface area contributed by atoms with Crippen molar-refractivity contribution in [3.05, 3.63) is 36.0 Å². The fraction of sp³-hybridized carbons (Fsp3) is 0.231. The van der Waals surface area contributed by atoms with E-state index in [1.54, 1.807) is 4.90 Å². The molecule has 0 unspecified atom stereocenters. The van der Waals surface area contributed by atoms with Gasteiger partial charge >= 0.3 is 5.97 Å². The van der Waals surface area contributed by atoms with E-state index in [4.69, 9.17) is 5.11 Å². The van der Waals surface area contributed by atoms with Crippen LogP contribution in [-0.2, 0) is 0 Å². The van der Waals surface area contributed by atoms with Gasteiger partial charge < -0.3 is 10.0 Å². The largest absolute Gasteiger partial charge is 0.477 e. The van der Waals surface area contributed by atoms with Crippen LogP contribution in [0, 0.1) is 0 Å². The number of benzene rings is 1. The van der Waals surface area contributed by atoms with Gasteiger partial charge in [0.05, 0.1) is 13.1 Å². The van der Waals surface area contributed by atoms with E-state index in [-0.39, 0.29) is 18.8 Å². The van der Waals surface area contributed by atoms with Crippen molar-refractivity contribution >= 4 is 22.6 Å². The molecular weight excluding hydrogens is 235 g/mol. The Bertz CT molecular complexity index is 623. The summed E-state index contributed by atoms with van der Waals surface area (Å²) < 4.78 is 12.9. The number of halogens is 1. The van der Waals surface area contributed by atoms with E-state index in [1.165, 1.54) is 6.07 Å². The summed E-state index contributed by atoms with van der Waals surface area (Å²) in [6.45, 7) is 0.556. The number of aromatic nitrogens is 1. The number of aromatic carboxylic acids is 1. The molecule has 4 nitrogen and oxygen atoms in total. The molecule has 1 N–H and O–H groups in total. The molecule has 0 spiro atoms. The van der Waals surface area contributed by atoms with Crippen molar-refractivity contribution in [1.29, 1.82) is 0 Å². The Hall–Kier alpha value is -2.17. The van der Waals surface area contributed by atoms with Gasteiger partial charge in [-0.1, -0.05) is 24.3 Å². The maximum atomic E-state index is 12.9. The van der Waals surface area contributed by atoms with Gasteiger partial charge in [0.15, 0.2) is 5.69 Å². The SMILES string of the molecule is O=C(O)c1cc2ccccc2c(N2CC(F)C2)n1. The predicted octanol–water partition coefficient (Wildman–Crippen LogP) is 2.09. The van der Waals surface area contributed by atoms with Gasteiger partial charge in [-0.2, -0.15) is 0 Å². The molecule has 0 saturated carbocycles. The quantitative estimate of drug-likeness (QED) is 0.881. The van der Waals surface area contributed by atoms with Crippen LogP contribution < -0.4 is 4.90 Å². The minimum atomic E-state index is -1.07. The summed E-state index contributed by atoms with van der Waals surface area (Å²) in [6, 6.07) is 8.94. The zero-order valence-corrected chi connectivity index (χ0v) is 9.51. The molecule has 1 aliphatic rings. The molecule has 1 aromatic carbocycles. The Balaban J connectivity index is 2.17. The number of hydrogen-bond acceptors (Lipinski definition) is 3. The monoisotopic (exact) mass is 246 g/mol. The minimum Gasteiger partial charge on any atom is -0.477 e. The minimum absolute atomic E-state index is 0.00833. The summed E-state index contributed by atoms with van der Waals surface area (Å²) >= 11 is 0. The molecule has 5 heteroatoms. The lowest BCUT2D eigenvalue weighted by Crippen LogP contribution is -2.49. The number of rotatable bonds is 2. The number of fused-ring (bicyclic) bond motifs is 1. The molecule has 1 fully saturated rings. The average Bonchev–Trinajstić information content (AvgIpc) is 2.33. The molecular formula is C13H11FN2O2. The van der Waals surface area contributed by atoms with Crippen LogP contribution in [0.1, 0.15) is 10.5 Å². The maximum Gasteiger partial charge on any atom is 0.354 e. The first-order chi connectivity index (χ1) is 8.65. The molecule has 1 aromatic heterocycles. The van der Waals surface area contributed by atoms with E-state index in [9.17, 15) is 9.18 Å². The van der Waals surface area contributed by atoms with Crippen LogP contribution in [0.3, 0.4) is 0 Å². The maximum absolute atomic E-state index is 12.9. The number of alkyl halides is 1. The Morgan fingerprint density at radius 2 is 2.11 bits per heavy atom. The van der Waals surface area contributed by atoms with Crippen molar-refractivity contribution in [1.82, 2.24) is 4.98 Å². The van der Waals surface area contributed by atoms with Crippen LogP contribution >= 0.6 is 0 Å². The molecule has 0 aliphatic carbocycles. The molecule has 0 amide bonds. The lowest BCUT2D eigenvalue weighted by molar-refractivity contribution is 0.0691. The van der Waals surface area contributed by atoms with E-state index >= 15 is 0 Å². The molecule has 1 saturated heterocycles. The van der Waals surface area contributed by atoms with Crippen molar-refractivity contribution in [2.45, 2.75) is 6.17 Å². The lowest BCUT2D eigenvalue weighted by atomic mass is 10.1. The lowest BCUT2D eigenvalue weighted by Gasteiger charge is -2.36.